The molecular weight excluding hydrogens is 302 g/mol. The van der Waals surface area contributed by atoms with Crippen molar-refractivity contribution in [2.45, 2.75) is 25.4 Å². The van der Waals surface area contributed by atoms with E-state index in [-0.39, 0.29) is 18.0 Å². The second kappa shape index (κ2) is 5.98. The molecule has 4 rings (SSSR count). The predicted octanol–water partition coefficient (Wildman–Crippen LogP) is 2.22. The molecule has 2 atom stereocenters. The Morgan fingerprint density at radius 1 is 1.29 bits per heavy atom. The molecular formula is C18H19N5O. The third kappa shape index (κ3) is 2.61. The molecule has 0 saturated carbocycles. The van der Waals surface area contributed by atoms with Crippen LogP contribution in [0.5, 0.6) is 0 Å². The number of rotatable bonds is 3. The van der Waals surface area contributed by atoms with E-state index in [0.29, 0.717) is 6.42 Å². The van der Waals surface area contributed by atoms with Crippen LogP contribution in [0.3, 0.4) is 0 Å². The molecule has 1 aliphatic rings. The lowest BCUT2D eigenvalue weighted by Crippen LogP contribution is -2.47. The zero-order valence-electron chi connectivity index (χ0n) is 13.3. The first-order valence-corrected chi connectivity index (χ1v) is 8.04. The van der Waals surface area contributed by atoms with Crippen LogP contribution in [0.15, 0.2) is 47.7 Å². The Kier molecular flexibility index (Phi) is 3.66. The van der Waals surface area contributed by atoms with Crippen molar-refractivity contribution in [3.8, 4) is 0 Å². The number of carbonyl (C=O) groups excluding carboxylic acids is 1. The first kappa shape index (κ1) is 14.7. The van der Waals surface area contributed by atoms with Gasteiger partial charge in [0.25, 0.3) is 5.91 Å². The van der Waals surface area contributed by atoms with E-state index in [1.165, 1.54) is 10.9 Å². The van der Waals surface area contributed by atoms with E-state index in [9.17, 15) is 4.79 Å². The summed E-state index contributed by atoms with van der Waals surface area (Å²) in [6.45, 7) is 2.07. The molecule has 1 amide bonds. The van der Waals surface area contributed by atoms with Crippen molar-refractivity contribution >= 4 is 23.0 Å². The summed E-state index contributed by atoms with van der Waals surface area (Å²) in [7, 11) is 0. The number of hydrogen-bond acceptors (Lipinski definition) is 3. The Morgan fingerprint density at radius 3 is 3.00 bits per heavy atom. The summed E-state index contributed by atoms with van der Waals surface area (Å²) >= 11 is 0. The summed E-state index contributed by atoms with van der Waals surface area (Å²) in [6.07, 6.45) is 4.06. The summed E-state index contributed by atoms with van der Waals surface area (Å²) in [6, 6.07) is 11.8. The van der Waals surface area contributed by atoms with E-state index in [1.54, 1.807) is 6.21 Å². The molecule has 0 aliphatic carbocycles. The lowest BCUT2D eigenvalue weighted by Gasteiger charge is -2.27. The molecule has 122 valence electrons. The number of aromatic amines is 2. The number of nitrogens with one attached hydrogen (secondary N) is 4. The fourth-order valence-corrected chi connectivity index (χ4v) is 3.29. The van der Waals surface area contributed by atoms with Gasteiger partial charge < -0.3 is 9.97 Å². The molecule has 0 spiro atoms. The SMILES string of the molecule is C[C@@H]1N[C@H](C(=O)N/N=C/c2ccc[nH]2)Cc2c1[nH]c1ccccc21. The number of carbonyl (C=O) groups is 1. The summed E-state index contributed by atoms with van der Waals surface area (Å²) in [5, 5.41) is 8.56. The van der Waals surface area contributed by atoms with Crippen LogP contribution in [0.4, 0.5) is 0 Å². The van der Waals surface area contributed by atoms with E-state index in [0.717, 1.165) is 16.9 Å². The number of amides is 1. The first-order valence-electron chi connectivity index (χ1n) is 8.04. The topological polar surface area (TPSA) is 85.1 Å². The van der Waals surface area contributed by atoms with Crippen molar-refractivity contribution in [1.82, 2.24) is 20.7 Å². The number of fused-ring (bicyclic) bond motifs is 3. The van der Waals surface area contributed by atoms with Gasteiger partial charge in [-0.25, -0.2) is 5.43 Å². The van der Waals surface area contributed by atoms with Crippen LogP contribution in [-0.2, 0) is 11.2 Å². The molecule has 2 aromatic heterocycles. The highest BCUT2D eigenvalue weighted by Gasteiger charge is 2.30. The van der Waals surface area contributed by atoms with Crippen LogP contribution >= 0.6 is 0 Å². The van der Waals surface area contributed by atoms with Crippen molar-refractivity contribution in [2.24, 2.45) is 5.10 Å². The average Bonchev–Trinajstić information content (AvgIpc) is 3.22. The quantitative estimate of drug-likeness (QED) is 0.440. The molecule has 1 aliphatic heterocycles. The molecule has 6 heteroatoms. The van der Waals surface area contributed by atoms with Crippen molar-refractivity contribution in [1.29, 1.82) is 0 Å². The molecule has 1 aromatic carbocycles. The van der Waals surface area contributed by atoms with Crippen molar-refractivity contribution < 1.29 is 4.79 Å². The number of H-pyrrole nitrogens is 2. The standard InChI is InChI=1S/C18H19N5O/c1-11-17-14(13-6-2-3-7-15(13)22-17)9-16(21-11)18(24)23-20-10-12-5-4-8-19-12/h2-8,10-11,16,19,21-22H,9H2,1H3,(H,23,24)/b20-10+/t11-,16-/m0/s1. The van der Waals surface area contributed by atoms with E-state index in [1.807, 2.05) is 30.5 Å². The molecule has 4 N–H and O–H groups in total. The monoisotopic (exact) mass is 321 g/mol. The van der Waals surface area contributed by atoms with Crippen LogP contribution in [0.2, 0.25) is 0 Å². The molecule has 0 fully saturated rings. The van der Waals surface area contributed by atoms with E-state index in [2.05, 4.69) is 44.9 Å². The average molecular weight is 321 g/mol. The minimum atomic E-state index is -0.299. The van der Waals surface area contributed by atoms with Gasteiger partial charge in [-0.2, -0.15) is 5.10 Å². The summed E-state index contributed by atoms with van der Waals surface area (Å²) < 4.78 is 0. The largest absolute Gasteiger partial charge is 0.360 e. The Labute approximate surface area is 139 Å². The Balaban J connectivity index is 1.52. The highest BCUT2D eigenvalue weighted by molar-refractivity contribution is 5.89. The van der Waals surface area contributed by atoms with E-state index >= 15 is 0 Å². The molecule has 0 unspecified atom stereocenters. The van der Waals surface area contributed by atoms with Crippen LogP contribution in [0.25, 0.3) is 10.9 Å². The molecule has 0 radical (unpaired) electrons. The Bertz CT molecular complexity index is 893. The fraction of sp³-hybridized carbons (Fsp3) is 0.222. The van der Waals surface area contributed by atoms with E-state index in [4.69, 9.17) is 0 Å². The molecule has 3 aromatic rings. The second-order valence-electron chi connectivity index (χ2n) is 6.07. The number of hydrogen-bond donors (Lipinski definition) is 4. The van der Waals surface area contributed by atoms with Crippen LogP contribution in [0, 0.1) is 0 Å². The smallest absolute Gasteiger partial charge is 0.257 e. The van der Waals surface area contributed by atoms with Crippen molar-refractivity contribution in [3.63, 3.8) is 0 Å². The van der Waals surface area contributed by atoms with Gasteiger partial charge in [-0.3, -0.25) is 10.1 Å². The van der Waals surface area contributed by atoms with Crippen molar-refractivity contribution in [2.75, 3.05) is 0 Å². The zero-order valence-corrected chi connectivity index (χ0v) is 13.3. The molecule has 24 heavy (non-hydrogen) atoms. The number of aromatic nitrogens is 2. The minimum Gasteiger partial charge on any atom is -0.360 e. The summed E-state index contributed by atoms with van der Waals surface area (Å²) in [4.78, 5) is 18.9. The second-order valence-corrected chi connectivity index (χ2v) is 6.07. The van der Waals surface area contributed by atoms with Crippen molar-refractivity contribution in [3.05, 3.63) is 59.5 Å². The van der Waals surface area contributed by atoms with E-state index < -0.39 is 0 Å². The van der Waals surface area contributed by atoms with Gasteiger partial charge in [0.1, 0.15) is 0 Å². The third-order valence-electron chi connectivity index (χ3n) is 4.46. The predicted molar refractivity (Wildman–Crippen MR) is 93.9 cm³/mol. The summed E-state index contributed by atoms with van der Waals surface area (Å²) in [5.74, 6) is -0.124. The minimum absolute atomic E-state index is 0.0873. The van der Waals surface area contributed by atoms with Crippen LogP contribution in [0.1, 0.15) is 29.9 Å². The van der Waals surface area contributed by atoms with Gasteiger partial charge in [-0.1, -0.05) is 18.2 Å². The Morgan fingerprint density at radius 2 is 2.17 bits per heavy atom. The number of para-hydroxylation sites is 1. The number of hydrazone groups is 1. The van der Waals surface area contributed by atoms with Gasteiger partial charge in [0, 0.05) is 28.8 Å². The number of nitrogens with zero attached hydrogens (tertiary/aromatic N) is 1. The highest BCUT2D eigenvalue weighted by atomic mass is 16.2. The van der Waals surface area contributed by atoms with Gasteiger partial charge in [0.2, 0.25) is 0 Å². The Hall–Kier alpha value is -2.86. The number of benzene rings is 1. The molecule has 0 saturated heterocycles. The van der Waals surface area contributed by atoms with Gasteiger partial charge in [0.15, 0.2) is 0 Å². The van der Waals surface area contributed by atoms with Crippen LogP contribution in [-0.4, -0.2) is 28.1 Å². The lowest BCUT2D eigenvalue weighted by molar-refractivity contribution is -0.123. The third-order valence-corrected chi connectivity index (χ3v) is 4.46. The maximum absolute atomic E-state index is 12.4. The van der Waals surface area contributed by atoms with Gasteiger partial charge in [0.05, 0.1) is 18.0 Å². The zero-order chi connectivity index (χ0) is 16.5. The molecule has 3 heterocycles. The van der Waals surface area contributed by atoms with Gasteiger partial charge in [-0.15, -0.1) is 0 Å². The normalized spacial score (nSPS) is 20.4. The van der Waals surface area contributed by atoms with Gasteiger partial charge >= 0.3 is 0 Å². The summed E-state index contributed by atoms with van der Waals surface area (Å²) in [5.41, 5.74) is 6.95. The molecule has 6 nitrogen and oxygen atoms in total. The van der Waals surface area contributed by atoms with Gasteiger partial charge in [-0.05, 0) is 37.1 Å². The fourth-order valence-electron chi connectivity index (χ4n) is 3.29. The maximum Gasteiger partial charge on any atom is 0.257 e. The molecule has 0 bridgehead atoms. The van der Waals surface area contributed by atoms with Crippen LogP contribution < -0.4 is 10.7 Å². The lowest BCUT2D eigenvalue weighted by atomic mass is 9.94. The first-order chi connectivity index (χ1) is 11.7. The maximum atomic E-state index is 12.4. The highest BCUT2D eigenvalue weighted by Crippen LogP contribution is 2.31.